The molecule has 5 heterocycles. The quantitative estimate of drug-likeness (QED) is 0.0230. The van der Waals surface area contributed by atoms with Gasteiger partial charge in [-0.3, -0.25) is 46.9 Å². The van der Waals surface area contributed by atoms with Crippen LogP contribution in [-0.2, 0) is 60.2 Å². The highest BCUT2D eigenvalue weighted by Gasteiger charge is 2.71. The molecule has 0 radical (unpaired) electrons. The van der Waals surface area contributed by atoms with Gasteiger partial charge in [0.05, 0.1) is 47.5 Å². The number of nitrogens with one attached hydrogen (secondary N) is 3. The molecule has 88 heavy (non-hydrogen) atoms. The van der Waals surface area contributed by atoms with Crippen LogP contribution in [0.3, 0.4) is 0 Å². The van der Waals surface area contributed by atoms with Gasteiger partial charge in [0.1, 0.15) is 42.0 Å². The van der Waals surface area contributed by atoms with Gasteiger partial charge in [0.15, 0.2) is 22.8 Å². The average Bonchev–Trinajstić information content (AvgIpc) is 1.58. The minimum atomic E-state index is -5.68. The molecule has 0 bridgehead atoms. The van der Waals surface area contributed by atoms with Gasteiger partial charge in [-0.15, -0.1) is 5.10 Å². The number of nitrogens with zero attached hydrogens (tertiary/aromatic N) is 6. The number of phosphoric acid groups is 3. The molecule has 3 aliphatic rings. The van der Waals surface area contributed by atoms with Gasteiger partial charge >= 0.3 is 23.5 Å². The van der Waals surface area contributed by atoms with Crippen molar-refractivity contribution >= 4 is 127 Å². The Morgan fingerprint density at radius 3 is 2.33 bits per heavy atom. The van der Waals surface area contributed by atoms with Gasteiger partial charge in [-0.2, -0.15) is 4.31 Å². The zero-order chi connectivity index (χ0) is 63.8. The lowest BCUT2D eigenvalue weighted by Crippen LogP contribution is -2.51. The number of thioether (sulfide) groups is 1. The molecule has 1 spiro atoms. The fraction of sp³-hybridized carbons (Fsp3) is 0.380. The summed E-state index contributed by atoms with van der Waals surface area (Å²) in [5, 5.41) is 34.8. The number of amides is 3. The zero-order valence-electron chi connectivity index (χ0n) is 45.8. The van der Waals surface area contributed by atoms with Crippen LogP contribution < -0.4 is 21.7 Å². The molecule has 2 aliphatic heterocycles. The molecule has 11 unspecified atom stereocenters. The van der Waals surface area contributed by atoms with Crippen LogP contribution in [0.2, 0.25) is 10.0 Å². The van der Waals surface area contributed by atoms with Gasteiger partial charge in [-0.1, -0.05) is 89.2 Å². The Labute approximate surface area is 515 Å². The number of aliphatic hydroxyl groups is 2. The zero-order valence-corrected chi connectivity index (χ0v) is 51.7. The third-order valence-corrected chi connectivity index (χ3v) is 19.4. The topological polar surface area (TPSA) is 462 Å². The maximum absolute atomic E-state index is 14.8. The van der Waals surface area contributed by atoms with Gasteiger partial charge in [-0.25, -0.2) is 28.6 Å². The number of hydrogen-bond donors (Lipinski definition) is 10. The molecule has 1 aliphatic carbocycles. The number of phosphoric ester groups is 3. The molecular weight excluding hydrogens is 1300 g/mol. The summed E-state index contributed by atoms with van der Waals surface area (Å²) in [6, 6.07) is 15.5. The van der Waals surface area contributed by atoms with Crippen molar-refractivity contribution in [3.63, 3.8) is 0 Å². The molecule has 3 aromatic heterocycles. The predicted molar refractivity (Wildman–Crippen MR) is 311 cm³/mol. The van der Waals surface area contributed by atoms with Gasteiger partial charge in [0.25, 0.3) is 0 Å². The van der Waals surface area contributed by atoms with Gasteiger partial charge in [0.2, 0.25) is 34.9 Å². The highest BCUT2D eigenvalue weighted by atomic mass is 35.5. The third kappa shape index (κ3) is 14.5. The van der Waals surface area contributed by atoms with Crippen LogP contribution in [0.15, 0.2) is 78.7 Å². The van der Waals surface area contributed by atoms with Crippen LogP contribution in [0.1, 0.15) is 64.4 Å². The minimum Gasteiger partial charge on any atom is -0.386 e. The van der Waals surface area contributed by atoms with Gasteiger partial charge in [0, 0.05) is 58.4 Å². The predicted octanol–water partition coefficient (Wildman–Crippen LogP) is 4.26. The maximum atomic E-state index is 14.8. The number of Topliss-reactive ketones (excluding diaryl/α,β-unsaturated/α-hetero) is 2. The van der Waals surface area contributed by atoms with Crippen LogP contribution in [0.5, 0.6) is 0 Å². The number of aromatic nitrogens is 6. The summed E-state index contributed by atoms with van der Waals surface area (Å²) in [6.45, 7) is 1.36. The Morgan fingerprint density at radius 2 is 1.64 bits per heavy atom. The number of nitrogens with two attached hydrogens (primary N) is 1. The largest absolute Gasteiger partial charge is 0.481 e. The Bertz CT molecular complexity index is 3850. The second-order valence-electron chi connectivity index (χ2n) is 20.8. The highest BCUT2D eigenvalue weighted by molar-refractivity contribution is 8.13. The van der Waals surface area contributed by atoms with E-state index in [2.05, 4.69) is 49.3 Å². The molecule has 11 atom stereocenters. The number of ketones is 2. The fourth-order valence-corrected chi connectivity index (χ4v) is 14.4. The van der Waals surface area contributed by atoms with Gasteiger partial charge in [-0.05, 0) is 54.4 Å². The Morgan fingerprint density at radius 1 is 0.920 bits per heavy atom. The summed E-state index contributed by atoms with van der Waals surface area (Å²) in [6.07, 6.45) is -8.95. The number of rotatable bonds is 24. The van der Waals surface area contributed by atoms with E-state index in [4.69, 9.17) is 47.5 Å². The number of benzene rings is 3. The standard InChI is InChI=1S/C50H53Cl2N10O21P3S2/c1-23-4-10-27-28(16-23)41(66)50(40(27)65)35(34(38(81-50)25-7-11-29(51)30(52)17-25)45(68)59-26-8-5-24(6-9-26)31-19-88-61-60-31)48(70)87-15-14-54-33(63)12-13-55-46(69)42(67)49(2,3)20-79-86(76,77)83-85(74,75)78-18-32-39(82-84(71,72)73)37(64)47(80-32)62-22-58-36-43(53)56-21-57-44(36)62/h4-11,16-17,19,21-22,32,34-35,37-39,42,47,64,67H,12-15,18,20H2,1-3H3,(H,54,63)(H,55,69)(H,59,68)(H,74,75)(H,76,77)(H2,53,56,57)(H2,71,72,73). The van der Waals surface area contributed by atoms with Crippen molar-refractivity contribution in [2.24, 2.45) is 17.3 Å². The number of imidazole rings is 1. The van der Waals surface area contributed by atoms with Crippen LogP contribution in [0.25, 0.3) is 22.4 Å². The lowest BCUT2D eigenvalue weighted by molar-refractivity contribution is -0.137. The minimum absolute atomic E-state index is 0.00207. The normalized spacial score (nSPS) is 23.6. The molecule has 2 saturated heterocycles. The smallest absolute Gasteiger partial charge is 0.386 e. The number of ether oxygens (including phenoxy) is 2. The van der Waals surface area contributed by atoms with E-state index in [-0.39, 0.29) is 62.6 Å². The number of carbonyl (C=O) groups is 6. The maximum Gasteiger partial charge on any atom is 0.481 e. The van der Waals surface area contributed by atoms with Crippen LogP contribution in [0, 0.1) is 24.2 Å². The van der Waals surface area contributed by atoms with Crippen molar-refractivity contribution in [2.45, 2.75) is 69.5 Å². The molecule has 9 rings (SSSR count). The Balaban J connectivity index is 0.781. The number of fused-ring (bicyclic) bond motifs is 2. The SMILES string of the molecule is Cc1ccc2c(c1)C(=O)C1(OC(c3ccc(Cl)c(Cl)c3)C(C(=O)Nc3ccc(-c4csnn4)cc3)C1C(=O)SCCNC(=O)CCNC(=O)C(O)C(C)(C)COP(=O)(O)OP(=O)(O)OCC1OC(n3cnc4c(N)ncnc43)C(O)C1OP(=O)(O)O)C2=O. The van der Waals surface area contributed by atoms with Crippen molar-refractivity contribution < 1.29 is 99.6 Å². The Hall–Kier alpha value is -5.87. The Kier molecular flexibility index (Phi) is 20.1. The lowest BCUT2D eigenvalue weighted by atomic mass is 9.75. The summed E-state index contributed by atoms with van der Waals surface area (Å²) in [5.41, 5.74) is 4.01. The molecule has 6 aromatic rings. The molecule has 0 saturated carbocycles. The second-order valence-corrected chi connectivity index (χ2v) is 27.5. The molecule has 2 fully saturated rings. The number of hydrogen-bond acceptors (Lipinski definition) is 25. The first-order valence-corrected chi connectivity index (χ1v) is 33.1. The summed E-state index contributed by atoms with van der Waals surface area (Å²) in [7, 11) is -16.7. The summed E-state index contributed by atoms with van der Waals surface area (Å²) in [5.74, 6) is -7.74. The molecule has 11 N–H and O–H groups in total. The van der Waals surface area contributed by atoms with E-state index in [1.165, 1.54) is 44.2 Å². The van der Waals surface area contributed by atoms with E-state index in [0.717, 1.165) is 28.8 Å². The van der Waals surface area contributed by atoms with Crippen molar-refractivity contribution in [3.05, 3.63) is 111 Å². The van der Waals surface area contributed by atoms with E-state index in [1.807, 2.05) is 0 Å². The van der Waals surface area contributed by atoms with Crippen molar-refractivity contribution in [3.8, 4) is 11.3 Å². The van der Waals surface area contributed by atoms with Gasteiger partial charge < -0.3 is 60.9 Å². The van der Waals surface area contributed by atoms with E-state index in [9.17, 15) is 72.2 Å². The number of anilines is 2. The molecule has 470 valence electrons. The summed E-state index contributed by atoms with van der Waals surface area (Å²) < 4.78 is 73.5. The molecule has 3 amide bonds. The molecule has 31 nitrogen and oxygen atoms in total. The third-order valence-electron chi connectivity index (χ3n) is 14.2. The van der Waals surface area contributed by atoms with Crippen molar-refractivity contribution in [1.82, 2.24) is 39.7 Å². The summed E-state index contributed by atoms with van der Waals surface area (Å²) >= 11 is 14.5. The highest BCUT2D eigenvalue weighted by Crippen LogP contribution is 2.61. The molecule has 38 heteroatoms. The van der Waals surface area contributed by atoms with Crippen LogP contribution in [0.4, 0.5) is 11.5 Å². The number of aryl methyl sites for hydroxylation is 1. The monoisotopic (exact) mass is 1360 g/mol. The molecular formula is C50H53Cl2N10O21P3S2. The average molecular weight is 1360 g/mol. The van der Waals surface area contributed by atoms with E-state index in [0.29, 0.717) is 34.3 Å². The first-order chi connectivity index (χ1) is 41.4. The van der Waals surface area contributed by atoms with Crippen molar-refractivity contribution in [1.29, 1.82) is 0 Å². The first-order valence-electron chi connectivity index (χ1n) is 26.0. The number of aliphatic hydroxyl groups excluding tert-OH is 2. The fourth-order valence-electron chi connectivity index (χ4n) is 9.89. The van der Waals surface area contributed by atoms with E-state index < -0.39 is 137 Å². The number of carbonyl (C=O) groups excluding carboxylic acids is 6. The van der Waals surface area contributed by atoms with Crippen molar-refractivity contribution in [2.75, 3.05) is 43.1 Å². The first kappa shape index (κ1) is 66.5. The van der Waals surface area contributed by atoms with E-state index >= 15 is 0 Å². The second kappa shape index (κ2) is 26.5. The summed E-state index contributed by atoms with van der Waals surface area (Å²) in [4.78, 5) is 137. The number of halogens is 2. The lowest BCUT2D eigenvalue weighted by Gasteiger charge is -2.30. The van der Waals surface area contributed by atoms with E-state index in [1.54, 1.807) is 42.6 Å². The number of nitrogen functional groups attached to an aromatic ring is 1. The van der Waals surface area contributed by atoms with Crippen LogP contribution in [-0.4, -0.2) is 155 Å². The van der Waals surface area contributed by atoms with Crippen LogP contribution >= 0.6 is 70.0 Å². The molecule has 3 aromatic carbocycles.